The highest BCUT2D eigenvalue weighted by atomic mass is 35.5. The van der Waals surface area contributed by atoms with Crippen LogP contribution in [0.1, 0.15) is 24.0 Å². The second-order valence-electron chi connectivity index (χ2n) is 4.81. The van der Waals surface area contributed by atoms with Gasteiger partial charge in [-0.1, -0.05) is 11.6 Å². The number of aliphatic carboxylic acids is 1. The summed E-state index contributed by atoms with van der Waals surface area (Å²) in [6.07, 6.45) is -3.22. The number of hydrogen-bond acceptors (Lipinski definition) is 2. The van der Waals surface area contributed by atoms with Gasteiger partial charge in [-0.3, -0.25) is 9.69 Å². The van der Waals surface area contributed by atoms with Crippen LogP contribution in [0.2, 0.25) is 5.02 Å². The molecule has 0 aliphatic carbocycles. The van der Waals surface area contributed by atoms with E-state index < -0.39 is 23.8 Å². The first-order chi connectivity index (χ1) is 9.27. The van der Waals surface area contributed by atoms with E-state index in [-0.39, 0.29) is 11.6 Å². The third kappa shape index (κ3) is 3.43. The van der Waals surface area contributed by atoms with Gasteiger partial charge < -0.3 is 5.11 Å². The molecule has 1 aliphatic rings. The van der Waals surface area contributed by atoms with Gasteiger partial charge in [-0.2, -0.15) is 13.2 Å². The predicted molar refractivity (Wildman–Crippen MR) is 67.5 cm³/mol. The maximum Gasteiger partial charge on any atom is 0.416 e. The Balaban J connectivity index is 2.21. The molecule has 0 bridgehead atoms. The molecular formula is C13H13ClF3NO2. The second-order valence-corrected chi connectivity index (χ2v) is 5.25. The van der Waals surface area contributed by atoms with Crippen LogP contribution in [0, 0.1) is 0 Å². The van der Waals surface area contributed by atoms with Crippen molar-refractivity contribution < 1.29 is 23.1 Å². The Morgan fingerprint density at radius 2 is 2.10 bits per heavy atom. The fourth-order valence-corrected chi connectivity index (χ4v) is 2.69. The minimum absolute atomic E-state index is 0.000830. The zero-order chi connectivity index (χ0) is 14.9. The summed E-state index contributed by atoms with van der Waals surface area (Å²) in [6, 6.07) is 2.68. The third-order valence-electron chi connectivity index (χ3n) is 3.32. The van der Waals surface area contributed by atoms with Crippen LogP contribution in [-0.2, 0) is 17.5 Å². The largest absolute Gasteiger partial charge is 0.480 e. The zero-order valence-corrected chi connectivity index (χ0v) is 11.2. The fraction of sp³-hybridized carbons (Fsp3) is 0.462. The van der Waals surface area contributed by atoms with Crippen molar-refractivity contribution in [1.82, 2.24) is 4.90 Å². The van der Waals surface area contributed by atoms with E-state index in [1.54, 1.807) is 4.90 Å². The quantitative estimate of drug-likeness (QED) is 0.930. The smallest absolute Gasteiger partial charge is 0.416 e. The van der Waals surface area contributed by atoms with Crippen molar-refractivity contribution in [2.75, 3.05) is 6.54 Å². The van der Waals surface area contributed by atoms with Gasteiger partial charge in [-0.25, -0.2) is 0 Å². The summed E-state index contributed by atoms with van der Waals surface area (Å²) in [5.41, 5.74) is -0.441. The predicted octanol–water partition coefficient (Wildman–Crippen LogP) is 3.41. The Morgan fingerprint density at radius 3 is 2.70 bits per heavy atom. The van der Waals surface area contributed by atoms with E-state index in [1.807, 2.05) is 0 Å². The maximum atomic E-state index is 12.7. The van der Waals surface area contributed by atoms with Gasteiger partial charge in [0.15, 0.2) is 0 Å². The minimum atomic E-state index is -4.46. The lowest BCUT2D eigenvalue weighted by Crippen LogP contribution is -2.35. The highest BCUT2D eigenvalue weighted by Crippen LogP contribution is 2.32. The van der Waals surface area contributed by atoms with Crippen LogP contribution in [-0.4, -0.2) is 28.6 Å². The number of likely N-dealkylation sites (tertiary alicyclic amines) is 1. The molecule has 1 N–H and O–H groups in total. The van der Waals surface area contributed by atoms with Gasteiger partial charge in [0.1, 0.15) is 6.04 Å². The summed E-state index contributed by atoms with van der Waals surface area (Å²) >= 11 is 5.71. The molecule has 110 valence electrons. The van der Waals surface area contributed by atoms with Crippen molar-refractivity contribution in [1.29, 1.82) is 0 Å². The molecule has 0 unspecified atom stereocenters. The van der Waals surface area contributed by atoms with Gasteiger partial charge in [-0.05, 0) is 43.1 Å². The highest BCUT2D eigenvalue weighted by molar-refractivity contribution is 6.30. The van der Waals surface area contributed by atoms with E-state index in [4.69, 9.17) is 16.7 Å². The van der Waals surface area contributed by atoms with Crippen molar-refractivity contribution in [3.8, 4) is 0 Å². The topological polar surface area (TPSA) is 40.5 Å². The molecule has 1 aromatic rings. The number of halogens is 4. The monoisotopic (exact) mass is 307 g/mol. The molecule has 2 rings (SSSR count). The van der Waals surface area contributed by atoms with Crippen LogP contribution < -0.4 is 0 Å². The molecule has 1 saturated heterocycles. The minimum Gasteiger partial charge on any atom is -0.480 e. The molecule has 0 amide bonds. The number of carboxylic acids is 1. The lowest BCUT2D eigenvalue weighted by atomic mass is 10.1. The number of nitrogens with zero attached hydrogens (tertiary/aromatic N) is 1. The SMILES string of the molecule is O=C(O)[C@@H]1CCCN1Cc1cc(Cl)cc(C(F)(F)F)c1. The molecule has 1 heterocycles. The Bertz CT molecular complexity index is 519. The molecule has 3 nitrogen and oxygen atoms in total. The molecule has 1 atom stereocenters. The Labute approximate surface area is 118 Å². The van der Waals surface area contributed by atoms with E-state index in [2.05, 4.69) is 0 Å². The first-order valence-electron chi connectivity index (χ1n) is 6.11. The molecule has 20 heavy (non-hydrogen) atoms. The van der Waals surface area contributed by atoms with Crippen molar-refractivity contribution in [2.45, 2.75) is 31.6 Å². The van der Waals surface area contributed by atoms with E-state index in [0.717, 1.165) is 18.6 Å². The van der Waals surface area contributed by atoms with Crippen LogP contribution >= 0.6 is 11.6 Å². The fourth-order valence-electron chi connectivity index (χ4n) is 2.43. The summed E-state index contributed by atoms with van der Waals surface area (Å²) in [5, 5.41) is 9.05. The summed E-state index contributed by atoms with van der Waals surface area (Å²) in [7, 11) is 0. The highest BCUT2D eigenvalue weighted by Gasteiger charge is 2.33. The van der Waals surface area contributed by atoms with E-state index in [0.29, 0.717) is 18.5 Å². The molecule has 7 heteroatoms. The molecule has 1 aliphatic heterocycles. The van der Waals surface area contributed by atoms with Gasteiger partial charge >= 0.3 is 12.1 Å². The van der Waals surface area contributed by atoms with Crippen LogP contribution in [0.5, 0.6) is 0 Å². The number of carbonyl (C=O) groups is 1. The van der Waals surface area contributed by atoms with Gasteiger partial charge in [0, 0.05) is 11.6 Å². The summed E-state index contributed by atoms with van der Waals surface area (Å²) < 4.78 is 38.1. The molecule has 1 aromatic carbocycles. The number of hydrogen-bond donors (Lipinski definition) is 1. The van der Waals surface area contributed by atoms with E-state index >= 15 is 0 Å². The second kappa shape index (κ2) is 5.61. The van der Waals surface area contributed by atoms with E-state index in [1.165, 1.54) is 6.07 Å². The molecule has 0 spiro atoms. The lowest BCUT2D eigenvalue weighted by Gasteiger charge is -2.21. The molecule has 1 fully saturated rings. The van der Waals surface area contributed by atoms with Gasteiger partial charge in [-0.15, -0.1) is 0 Å². The third-order valence-corrected chi connectivity index (χ3v) is 3.54. The number of rotatable bonds is 3. The van der Waals surface area contributed by atoms with Crippen LogP contribution in [0.15, 0.2) is 18.2 Å². The Morgan fingerprint density at radius 1 is 1.40 bits per heavy atom. The summed E-state index contributed by atoms with van der Waals surface area (Å²) in [5.74, 6) is -0.944. The van der Waals surface area contributed by atoms with Crippen LogP contribution in [0.25, 0.3) is 0 Å². The Hall–Kier alpha value is -1.27. The lowest BCUT2D eigenvalue weighted by molar-refractivity contribution is -0.142. The molecule has 0 saturated carbocycles. The number of alkyl halides is 3. The maximum absolute atomic E-state index is 12.7. The van der Waals surface area contributed by atoms with Gasteiger partial charge in [0.2, 0.25) is 0 Å². The van der Waals surface area contributed by atoms with Crippen LogP contribution in [0.3, 0.4) is 0 Å². The number of benzene rings is 1. The van der Waals surface area contributed by atoms with Crippen LogP contribution in [0.4, 0.5) is 13.2 Å². The molecule has 0 radical (unpaired) electrons. The normalized spacial score (nSPS) is 20.3. The van der Waals surface area contributed by atoms with Crippen molar-refractivity contribution in [3.05, 3.63) is 34.3 Å². The average Bonchev–Trinajstić information content (AvgIpc) is 2.75. The summed E-state index contributed by atoms with van der Waals surface area (Å²) in [4.78, 5) is 12.7. The zero-order valence-electron chi connectivity index (χ0n) is 10.5. The first kappa shape index (κ1) is 15.1. The first-order valence-corrected chi connectivity index (χ1v) is 6.48. The van der Waals surface area contributed by atoms with Gasteiger partial charge in [0.25, 0.3) is 0 Å². The van der Waals surface area contributed by atoms with Crippen molar-refractivity contribution in [3.63, 3.8) is 0 Å². The van der Waals surface area contributed by atoms with Crippen molar-refractivity contribution in [2.24, 2.45) is 0 Å². The van der Waals surface area contributed by atoms with Gasteiger partial charge in [0.05, 0.1) is 5.56 Å². The number of carboxylic acid groups (broad SMARTS) is 1. The average molecular weight is 308 g/mol. The standard InChI is InChI=1S/C13H13ClF3NO2/c14-10-5-8(4-9(6-10)13(15,16)17)7-18-3-1-2-11(18)12(19)20/h4-6,11H,1-3,7H2,(H,19,20)/t11-/m0/s1. The molecular weight excluding hydrogens is 295 g/mol. The molecule has 0 aromatic heterocycles. The Kier molecular flexibility index (Phi) is 4.25. The summed E-state index contributed by atoms with van der Waals surface area (Å²) in [6.45, 7) is 0.714. The van der Waals surface area contributed by atoms with Crippen molar-refractivity contribution >= 4 is 17.6 Å². The van der Waals surface area contributed by atoms with E-state index in [9.17, 15) is 18.0 Å².